The Hall–Kier alpha value is -2.86. The second-order valence-electron chi connectivity index (χ2n) is 5.90. The molecule has 3 rings (SSSR count). The number of nitrogens with one attached hydrogen (secondary N) is 1. The Morgan fingerprint density at radius 1 is 1.04 bits per heavy atom. The van der Waals surface area contributed by atoms with Gasteiger partial charge >= 0.3 is 0 Å². The molecule has 0 aliphatic rings. The first kappa shape index (κ1) is 19.9. The molecular weight excluding hydrogens is 380 g/mol. The van der Waals surface area contributed by atoms with Crippen LogP contribution >= 0.6 is 11.8 Å². The predicted octanol–water partition coefficient (Wildman–Crippen LogP) is 5.84. The van der Waals surface area contributed by atoms with Gasteiger partial charge in [0.15, 0.2) is 0 Å². The maximum Gasteiger partial charge on any atom is 0.242 e. The van der Waals surface area contributed by atoms with Crippen LogP contribution in [0.4, 0.5) is 14.5 Å². The number of carbonyl (C=O) groups is 1. The van der Waals surface area contributed by atoms with Gasteiger partial charge in [0.05, 0.1) is 12.3 Å². The smallest absolute Gasteiger partial charge is 0.242 e. The lowest BCUT2D eigenvalue weighted by molar-refractivity contribution is -0.115. The molecule has 0 heterocycles. The van der Waals surface area contributed by atoms with Gasteiger partial charge in [-0.2, -0.15) is 0 Å². The van der Waals surface area contributed by atoms with Crippen molar-refractivity contribution in [2.24, 2.45) is 0 Å². The first-order chi connectivity index (χ1) is 13.6. The second kappa shape index (κ2) is 9.37. The molecule has 0 saturated heterocycles. The first-order valence-electron chi connectivity index (χ1n) is 8.78. The quantitative estimate of drug-likeness (QED) is 0.508. The van der Waals surface area contributed by atoms with Crippen molar-refractivity contribution in [1.82, 2.24) is 0 Å². The van der Waals surface area contributed by atoms with Crippen molar-refractivity contribution in [3.63, 3.8) is 0 Å². The molecule has 1 N–H and O–H groups in total. The number of ether oxygens (including phenoxy) is 1. The Balaban J connectivity index is 1.90. The van der Waals surface area contributed by atoms with Crippen LogP contribution < -0.4 is 10.1 Å². The van der Waals surface area contributed by atoms with Crippen molar-refractivity contribution >= 4 is 23.4 Å². The number of halogens is 2. The van der Waals surface area contributed by atoms with Gasteiger partial charge in [-0.25, -0.2) is 8.78 Å². The number of benzene rings is 3. The van der Waals surface area contributed by atoms with Gasteiger partial charge in [-0.05, 0) is 36.8 Å². The molecule has 0 aliphatic carbocycles. The normalized spacial score (nSPS) is 11.7. The highest BCUT2D eigenvalue weighted by molar-refractivity contribution is 8.00. The number of amides is 1. The minimum Gasteiger partial charge on any atom is -0.492 e. The van der Waals surface area contributed by atoms with Gasteiger partial charge in [0.25, 0.3) is 0 Å². The topological polar surface area (TPSA) is 38.3 Å². The largest absolute Gasteiger partial charge is 0.492 e. The van der Waals surface area contributed by atoms with E-state index in [0.29, 0.717) is 23.6 Å². The lowest BCUT2D eigenvalue weighted by Crippen LogP contribution is -2.19. The molecule has 0 aromatic heterocycles. The fourth-order valence-electron chi connectivity index (χ4n) is 2.65. The van der Waals surface area contributed by atoms with E-state index in [-0.39, 0.29) is 10.8 Å². The highest BCUT2D eigenvalue weighted by atomic mass is 32.2. The van der Waals surface area contributed by atoms with Gasteiger partial charge < -0.3 is 10.1 Å². The Morgan fingerprint density at radius 3 is 2.46 bits per heavy atom. The van der Waals surface area contributed by atoms with E-state index in [1.54, 1.807) is 30.3 Å². The van der Waals surface area contributed by atoms with Crippen LogP contribution in [-0.2, 0) is 4.79 Å². The van der Waals surface area contributed by atoms with Gasteiger partial charge in [0.1, 0.15) is 22.6 Å². The van der Waals surface area contributed by atoms with Crippen molar-refractivity contribution in [2.75, 3.05) is 11.9 Å². The summed E-state index contributed by atoms with van der Waals surface area (Å²) in [6, 6.07) is 19.5. The van der Waals surface area contributed by atoms with Crippen LogP contribution in [0.1, 0.15) is 17.7 Å². The van der Waals surface area contributed by atoms with E-state index < -0.39 is 16.9 Å². The molecule has 6 heteroatoms. The molecule has 3 nitrogen and oxygen atoms in total. The first-order valence-corrected chi connectivity index (χ1v) is 9.65. The summed E-state index contributed by atoms with van der Waals surface area (Å²) < 4.78 is 32.9. The average molecular weight is 399 g/mol. The van der Waals surface area contributed by atoms with Crippen LogP contribution in [0.3, 0.4) is 0 Å². The third-order valence-corrected chi connectivity index (χ3v) is 5.23. The van der Waals surface area contributed by atoms with E-state index in [0.717, 1.165) is 17.8 Å². The maximum atomic E-state index is 14.2. The Kier molecular flexibility index (Phi) is 6.66. The monoisotopic (exact) mass is 399 g/mol. The van der Waals surface area contributed by atoms with E-state index in [2.05, 4.69) is 5.32 Å². The lowest BCUT2D eigenvalue weighted by atomic mass is 10.1. The third-order valence-electron chi connectivity index (χ3n) is 3.92. The molecule has 0 aliphatic heterocycles. The number of thioether (sulfide) groups is 1. The van der Waals surface area contributed by atoms with E-state index in [9.17, 15) is 13.6 Å². The van der Waals surface area contributed by atoms with Gasteiger partial charge in [-0.3, -0.25) is 4.79 Å². The van der Waals surface area contributed by atoms with Crippen LogP contribution in [0, 0.1) is 11.6 Å². The standard InChI is InChI=1S/C22H19F2NO2S/c1-2-27-19-11-7-6-10-18(19)25-22(26)21(15-8-4-3-5-9-15)28-20-13-12-16(23)14-17(20)24/h3-14,21H,2H2,1H3,(H,25,26)/t21-/m1/s1. The summed E-state index contributed by atoms with van der Waals surface area (Å²) >= 11 is 1.03. The van der Waals surface area contributed by atoms with Gasteiger partial charge in [-0.15, -0.1) is 11.8 Å². The number of carbonyl (C=O) groups excluding carboxylic acids is 1. The van der Waals surface area contributed by atoms with Crippen molar-refractivity contribution < 1.29 is 18.3 Å². The van der Waals surface area contributed by atoms with Crippen molar-refractivity contribution in [3.05, 3.63) is 90.0 Å². The van der Waals surface area contributed by atoms with Crippen molar-refractivity contribution in [1.29, 1.82) is 0 Å². The molecule has 3 aromatic carbocycles. The third kappa shape index (κ3) is 4.89. The number of hydrogen-bond acceptors (Lipinski definition) is 3. The molecule has 0 unspecified atom stereocenters. The number of anilines is 1. The van der Waals surface area contributed by atoms with Gasteiger partial charge in [0.2, 0.25) is 5.91 Å². The Labute approximate surface area is 166 Å². The van der Waals surface area contributed by atoms with Crippen LogP contribution in [0.15, 0.2) is 77.7 Å². The minimum atomic E-state index is -0.726. The lowest BCUT2D eigenvalue weighted by Gasteiger charge is -2.18. The minimum absolute atomic E-state index is 0.198. The molecule has 0 radical (unpaired) electrons. The van der Waals surface area contributed by atoms with E-state index in [1.807, 2.05) is 31.2 Å². The maximum absolute atomic E-state index is 14.2. The summed E-state index contributed by atoms with van der Waals surface area (Å²) in [5.41, 5.74) is 1.25. The molecule has 0 spiro atoms. The number of rotatable bonds is 7. The fraction of sp³-hybridized carbons (Fsp3) is 0.136. The van der Waals surface area contributed by atoms with E-state index >= 15 is 0 Å². The summed E-state index contributed by atoms with van der Waals surface area (Å²) in [5, 5.41) is 2.14. The van der Waals surface area contributed by atoms with E-state index in [4.69, 9.17) is 4.74 Å². The van der Waals surface area contributed by atoms with Crippen LogP contribution in [0.25, 0.3) is 0 Å². The van der Waals surface area contributed by atoms with Gasteiger partial charge in [0, 0.05) is 11.0 Å². The highest BCUT2D eigenvalue weighted by Crippen LogP contribution is 2.38. The summed E-state index contributed by atoms with van der Waals surface area (Å²) in [7, 11) is 0. The second-order valence-corrected chi connectivity index (χ2v) is 7.05. The zero-order valence-electron chi connectivity index (χ0n) is 15.2. The molecule has 0 saturated carbocycles. The fourth-order valence-corrected chi connectivity index (χ4v) is 3.68. The zero-order valence-corrected chi connectivity index (χ0v) is 16.0. The number of hydrogen-bond donors (Lipinski definition) is 1. The highest BCUT2D eigenvalue weighted by Gasteiger charge is 2.24. The number of para-hydroxylation sites is 2. The summed E-state index contributed by atoms with van der Waals surface area (Å²) in [6.45, 7) is 2.32. The van der Waals surface area contributed by atoms with Crippen molar-refractivity contribution in [3.8, 4) is 5.75 Å². The molecule has 0 fully saturated rings. The predicted molar refractivity (Wildman–Crippen MR) is 108 cm³/mol. The van der Waals surface area contributed by atoms with Crippen LogP contribution in [0.5, 0.6) is 5.75 Å². The van der Waals surface area contributed by atoms with Gasteiger partial charge in [-0.1, -0.05) is 42.5 Å². The molecule has 0 bridgehead atoms. The Bertz CT molecular complexity index is 950. The molecule has 1 atom stereocenters. The van der Waals surface area contributed by atoms with E-state index in [1.165, 1.54) is 12.1 Å². The molecule has 144 valence electrons. The Morgan fingerprint density at radius 2 is 1.75 bits per heavy atom. The summed E-state index contributed by atoms with van der Waals surface area (Å²) in [6.07, 6.45) is 0. The van der Waals surface area contributed by atoms with Crippen molar-refractivity contribution in [2.45, 2.75) is 17.1 Å². The van der Waals surface area contributed by atoms with Crippen LogP contribution in [0.2, 0.25) is 0 Å². The average Bonchev–Trinajstić information content (AvgIpc) is 2.69. The molecular formula is C22H19F2NO2S. The van der Waals surface area contributed by atoms with Crippen LogP contribution in [-0.4, -0.2) is 12.5 Å². The molecule has 3 aromatic rings. The zero-order chi connectivity index (χ0) is 19.9. The summed E-state index contributed by atoms with van der Waals surface area (Å²) in [5.74, 6) is -1.13. The SMILES string of the molecule is CCOc1ccccc1NC(=O)[C@H](Sc1ccc(F)cc1F)c1ccccc1. The summed E-state index contributed by atoms with van der Waals surface area (Å²) in [4.78, 5) is 13.3. The molecule has 1 amide bonds. The molecule has 28 heavy (non-hydrogen) atoms.